The van der Waals surface area contributed by atoms with Crippen molar-refractivity contribution < 1.29 is 4.42 Å². The molecule has 0 bridgehead atoms. The van der Waals surface area contributed by atoms with E-state index in [-0.39, 0.29) is 18.2 Å². The van der Waals surface area contributed by atoms with Gasteiger partial charge in [-0.25, -0.2) is 0 Å². The molecule has 5 nitrogen and oxygen atoms in total. The van der Waals surface area contributed by atoms with Gasteiger partial charge >= 0.3 is 0 Å². The highest BCUT2D eigenvalue weighted by molar-refractivity contribution is 7.26. The average molecular weight is 752 g/mol. The lowest BCUT2D eigenvalue weighted by Crippen LogP contribution is -2.43. The van der Waals surface area contributed by atoms with Gasteiger partial charge in [0.1, 0.15) is 17.0 Å². The topological polar surface area (TPSA) is 56.6 Å². The highest BCUT2D eigenvalue weighted by atomic mass is 32.1. The second-order valence-electron chi connectivity index (χ2n) is 15.0. The summed E-state index contributed by atoms with van der Waals surface area (Å²) in [4.78, 5) is 5.22. The van der Waals surface area contributed by atoms with Crippen LogP contribution in [0.15, 0.2) is 185 Å². The molecule has 12 rings (SSSR count). The fraction of sp³-hybridized carbons (Fsp3) is 0.0784. The Balaban J connectivity index is 0.953. The van der Waals surface area contributed by atoms with Gasteiger partial charge in [0.05, 0.1) is 21.4 Å². The molecule has 6 heteroatoms. The largest absolute Gasteiger partial charge is 0.616 e. The van der Waals surface area contributed by atoms with E-state index in [9.17, 15) is 0 Å². The SMILES string of the molecule is C1=CCC(C2[N-]C(c3ccccc3)N=C(c3cccc4oc5cc(-c6ccc7sc8c(-n9c%10ccccc%10c%10ccccc%109)cccc8c7c6)ccc5c34)N2)C=C1. The van der Waals surface area contributed by atoms with Gasteiger partial charge in [-0.05, 0) is 83.7 Å². The molecule has 2 aliphatic rings. The lowest BCUT2D eigenvalue weighted by molar-refractivity contribution is 0.479. The molecular weight excluding hydrogens is 717 g/mol. The Labute approximate surface area is 332 Å². The zero-order valence-corrected chi connectivity index (χ0v) is 31.7. The second-order valence-corrected chi connectivity index (χ2v) is 16.1. The molecule has 0 saturated heterocycles. The van der Waals surface area contributed by atoms with Crippen molar-refractivity contribution in [2.45, 2.75) is 18.8 Å². The Morgan fingerprint density at radius 2 is 1.40 bits per heavy atom. The van der Waals surface area contributed by atoms with Crippen LogP contribution < -0.4 is 5.32 Å². The van der Waals surface area contributed by atoms with Crippen LogP contribution in [-0.4, -0.2) is 16.6 Å². The molecule has 10 aromatic rings. The predicted molar refractivity (Wildman–Crippen MR) is 239 cm³/mol. The number of para-hydroxylation sites is 2. The lowest BCUT2D eigenvalue weighted by Gasteiger charge is -2.47. The number of nitrogens with zero attached hydrogens (tertiary/aromatic N) is 3. The van der Waals surface area contributed by atoms with Gasteiger partial charge in [-0.15, -0.1) is 11.3 Å². The fourth-order valence-electron chi connectivity index (χ4n) is 9.03. The first kappa shape index (κ1) is 32.5. The van der Waals surface area contributed by atoms with Gasteiger partial charge < -0.3 is 19.6 Å². The molecule has 57 heavy (non-hydrogen) atoms. The molecule has 4 heterocycles. The number of amidine groups is 1. The molecule has 0 fully saturated rings. The molecule has 0 radical (unpaired) electrons. The summed E-state index contributed by atoms with van der Waals surface area (Å²) in [5.74, 6) is 1.09. The molecule has 3 aromatic heterocycles. The number of hydrogen-bond acceptors (Lipinski definition) is 4. The van der Waals surface area contributed by atoms with Crippen LogP contribution in [0.2, 0.25) is 0 Å². The van der Waals surface area contributed by atoms with Gasteiger partial charge in [0, 0.05) is 42.6 Å². The van der Waals surface area contributed by atoms with Crippen molar-refractivity contribution in [3.8, 4) is 16.8 Å². The van der Waals surface area contributed by atoms with Crippen LogP contribution in [0.1, 0.15) is 23.7 Å². The summed E-state index contributed by atoms with van der Waals surface area (Å²) >= 11 is 1.87. The Morgan fingerprint density at radius 3 is 2.23 bits per heavy atom. The summed E-state index contributed by atoms with van der Waals surface area (Å²) in [5, 5.41) is 16.1. The van der Waals surface area contributed by atoms with Gasteiger partial charge in [0.2, 0.25) is 0 Å². The van der Waals surface area contributed by atoms with E-state index in [0.29, 0.717) is 0 Å². The number of rotatable bonds is 5. The maximum absolute atomic E-state index is 6.64. The van der Waals surface area contributed by atoms with Crippen LogP contribution in [0, 0.1) is 5.92 Å². The monoisotopic (exact) mass is 751 g/mol. The molecule has 1 aliphatic carbocycles. The molecular formula is C51H35N4OS-. The summed E-state index contributed by atoms with van der Waals surface area (Å²) in [5.41, 5.74) is 9.76. The number of aromatic nitrogens is 1. The van der Waals surface area contributed by atoms with Gasteiger partial charge in [-0.1, -0.05) is 134 Å². The highest BCUT2D eigenvalue weighted by Gasteiger charge is 2.24. The van der Waals surface area contributed by atoms with Crippen molar-refractivity contribution in [3.05, 3.63) is 192 Å². The minimum atomic E-state index is -0.298. The summed E-state index contributed by atoms with van der Waals surface area (Å²) in [6.07, 6.45) is 9.24. The number of thiophene rings is 1. The van der Waals surface area contributed by atoms with Crippen LogP contribution in [0.25, 0.3) is 86.0 Å². The van der Waals surface area contributed by atoms with E-state index in [2.05, 4.69) is 180 Å². The Kier molecular flexibility index (Phi) is 7.37. The van der Waals surface area contributed by atoms with Crippen molar-refractivity contribution in [1.29, 1.82) is 0 Å². The Morgan fingerprint density at radius 1 is 0.649 bits per heavy atom. The first-order valence-corrected chi connectivity index (χ1v) is 20.4. The minimum absolute atomic E-state index is 0.106. The standard InChI is InChI=1S/C51H35N4OS/c1-3-13-31(14-4-1)49-52-50(32-15-5-2-6-16-32)54-51(53-49)39-20-12-24-44-47(39)38-27-25-34(30-45(38)56-44)33-26-28-46-40(29-33)37-19-11-23-43(48(37)57-46)55-41-21-9-7-17-35(41)36-18-8-10-22-42(36)55/h1-15,17-30,32,49-50H,16H2,(H,53,54)/q-1. The molecule has 3 unspecified atom stereocenters. The van der Waals surface area contributed by atoms with Crippen LogP contribution in [0.3, 0.4) is 0 Å². The first-order chi connectivity index (χ1) is 28.2. The molecule has 1 aliphatic heterocycles. The van der Waals surface area contributed by atoms with Crippen LogP contribution >= 0.6 is 11.3 Å². The van der Waals surface area contributed by atoms with E-state index in [1.54, 1.807) is 0 Å². The number of benzene rings is 7. The van der Waals surface area contributed by atoms with Gasteiger partial charge in [0.15, 0.2) is 0 Å². The zero-order valence-electron chi connectivity index (χ0n) is 30.8. The van der Waals surface area contributed by atoms with Crippen LogP contribution in [0.4, 0.5) is 0 Å². The minimum Gasteiger partial charge on any atom is -0.616 e. The van der Waals surface area contributed by atoms with Gasteiger partial charge in [-0.2, -0.15) is 0 Å². The maximum Gasteiger partial charge on any atom is 0.136 e. The molecule has 1 N–H and O–H groups in total. The molecule has 7 aromatic carbocycles. The Bertz CT molecular complexity index is 3260. The third kappa shape index (κ3) is 5.22. The first-order valence-electron chi connectivity index (χ1n) is 19.6. The number of aliphatic imine (C=N–C) groups is 1. The number of hydrogen-bond donors (Lipinski definition) is 1. The van der Waals surface area contributed by atoms with Crippen LogP contribution in [-0.2, 0) is 0 Å². The third-order valence-electron chi connectivity index (χ3n) is 11.7. The number of furan rings is 1. The molecule has 0 amide bonds. The summed E-state index contributed by atoms with van der Waals surface area (Å²) < 4.78 is 11.6. The number of fused-ring (bicyclic) bond motifs is 9. The normalized spacial score (nSPS) is 18.3. The van der Waals surface area contributed by atoms with Crippen molar-refractivity contribution in [3.63, 3.8) is 0 Å². The third-order valence-corrected chi connectivity index (χ3v) is 12.9. The summed E-state index contributed by atoms with van der Waals surface area (Å²) in [6.45, 7) is 0. The fourth-order valence-corrected chi connectivity index (χ4v) is 10.2. The van der Waals surface area contributed by atoms with Crippen molar-refractivity contribution in [2.24, 2.45) is 10.9 Å². The van der Waals surface area contributed by atoms with Gasteiger partial charge in [-0.3, -0.25) is 4.99 Å². The molecule has 272 valence electrons. The van der Waals surface area contributed by atoms with E-state index in [1.807, 2.05) is 17.4 Å². The quantitative estimate of drug-likeness (QED) is 0.190. The van der Waals surface area contributed by atoms with E-state index in [1.165, 1.54) is 47.7 Å². The van der Waals surface area contributed by atoms with Crippen LogP contribution in [0.5, 0.6) is 0 Å². The van der Waals surface area contributed by atoms with E-state index >= 15 is 0 Å². The number of nitrogens with one attached hydrogen (secondary N) is 1. The van der Waals surface area contributed by atoms with Crippen molar-refractivity contribution in [2.75, 3.05) is 0 Å². The molecule has 3 atom stereocenters. The lowest BCUT2D eigenvalue weighted by atomic mass is 9.95. The van der Waals surface area contributed by atoms with Crippen molar-refractivity contribution >= 4 is 81.1 Å². The van der Waals surface area contributed by atoms with Crippen molar-refractivity contribution in [1.82, 2.24) is 9.88 Å². The average Bonchev–Trinajstić information content (AvgIpc) is 3.96. The summed E-state index contributed by atoms with van der Waals surface area (Å²) in [6, 6.07) is 54.4. The Hall–Kier alpha value is -6.73. The maximum atomic E-state index is 6.64. The molecule has 0 spiro atoms. The predicted octanol–water partition coefficient (Wildman–Crippen LogP) is 13.6. The van der Waals surface area contributed by atoms with E-state index < -0.39 is 0 Å². The zero-order chi connectivity index (χ0) is 37.5. The smallest absolute Gasteiger partial charge is 0.136 e. The summed E-state index contributed by atoms with van der Waals surface area (Å²) in [7, 11) is 0. The van der Waals surface area contributed by atoms with E-state index in [0.717, 1.165) is 56.4 Å². The highest BCUT2D eigenvalue weighted by Crippen LogP contribution is 2.43. The van der Waals surface area contributed by atoms with E-state index in [4.69, 9.17) is 14.7 Å². The molecule has 0 saturated carbocycles. The second kappa shape index (κ2) is 12.9. The van der Waals surface area contributed by atoms with Gasteiger partial charge in [0.25, 0.3) is 0 Å². The number of allylic oxidation sites excluding steroid dienone is 3.